The van der Waals surface area contributed by atoms with Gasteiger partial charge in [-0.05, 0) is 37.6 Å². The third-order valence-electron chi connectivity index (χ3n) is 4.17. The van der Waals surface area contributed by atoms with Crippen LogP contribution >= 0.6 is 0 Å². The minimum Gasteiger partial charge on any atom is -0.355 e. The quantitative estimate of drug-likeness (QED) is 0.894. The van der Waals surface area contributed by atoms with Crippen molar-refractivity contribution in [3.8, 4) is 0 Å². The van der Waals surface area contributed by atoms with E-state index < -0.39 is 0 Å². The monoisotopic (exact) mass is 321 g/mol. The van der Waals surface area contributed by atoms with Crippen molar-refractivity contribution in [2.45, 2.75) is 26.3 Å². The summed E-state index contributed by atoms with van der Waals surface area (Å²) in [6, 6.07) is 5.41. The highest BCUT2D eigenvalue weighted by Crippen LogP contribution is 2.11. The molecule has 2 amide bonds. The molecule has 1 atom stereocenters. The number of nitrogens with one attached hydrogen (secondary N) is 1. The summed E-state index contributed by atoms with van der Waals surface area (Å²) in [5.74, 6) is -0.406. The molecule has 5 nitrogen and oxygen atoms in total. The lowest BCUT2D eigenvalue weighted by Gasteiger charge is -2.37. The van der Waals surface area contributed by atoms with Crippen molar-refractivity contribution in [2.75, 3.05) is 32.7 Å². The van der Waals surface area contributed by atoms with Gasteiger partial charge in [0.05, 0.1) is 6.04 Å². The molecule has 0 aliphatic carbocycles. The Labute approximate surface area is 136 Å². The van der Waals surface area contributed by atoms with E-state index >= 15 is 0 Å². The number of nitrogens with zero attached hydrogens (tertiary/aromatic N) is 2. The van der Waals surface area contributed by atoms with Gasteiger partial charge in [0.25, 0.3) is 5.91 Å². The Morgan fingerprint density at radius 1 is 1.17 bits per heavy atom. The summed E-state index contributed by atoms with van der Waals surface area (Å²) < 4.78 is 12.9. The van der Waals surface area contributed by atoms with Crippen LogP contribution in [0.2, 0.25) is 0 Å². The van der Waals surface area contributed by atoms with Crippen molar-refractivity contribution < 1.29 is 14.0 Å². The molecule has 2 rings (SSSR count). The molecule has 0 bridgehead atoms. The Kier molecular flexibility index (Phi) is 6.10. The van der Waals surface area contributed by atoms with Crippen LogP contribution in [0.1, 0.15) is 30.6 Å². The summed E-state index contributed by atoms with van der Waals surface area (Å²) in [6.07, 6.45) is 0.915. The molecule has 0 saturated carbocycles. The number of rotatable bonds is 5. The van der Waals surface area contributed by atoms with E-state index in [-0.39, 0.29) is 23.7 Å². The average Bonchev–Trinajstić information content (AvgIpc) is 2.59. The van der Waals surface area contributed by atoms with Gasteiger partial charge in [-0.25, -0.2) is 4.39 Å². The maximum atomic E-state index is 12.9. The summed E-state index contributed by atoms with van der Waals surface area (Å²) in [4.78, 5) is 28.2. The number of carbonyl (C=O) groups is 2. The lowest BCUT2D eigenvalue weighted by molar-refractivity contribution is -0.126. The Morgan fingerprint density at radius 3 is 2.35 bits per heavy atom. The van der Waals surface area contributed by atoms with Crippen LogP contribution in [-0.2, 0) is 4.79 Å². The van der Waals surface area contributed by atoms with Crippen LogP contribution in [0.15, 0.2) is 24.3 Å². The molecule has 126 valence electrons. The van der Waals surface area contributed by atoms with Gasteiger partial charge in [-0.3, -0.25) is 14.5 Å². The first-order chi connectivity index (χ1) is 11.0. The predicted molar refractivity (Wildman–Crippen MR) is 86.6 cm³/mol. The number of amides is 2. The molecular weight excluding hydrogens is 297 g/mol. The van der Waals surface area contributed by atoms with E-state index in [1.807, 2.05) is 13.8 Å². The summed E-state index contributed by atoms with van der Waals surface area (Å²) in [5, 5.41) is 2.90. The third kappa shape index (κ3) is 4.51. The number of carbonyl (C=O) groups excluding carboxylic acids is 2. The summed E-state index contributed by atoms with van der Waals surface area (Å²) >= 11 is 0. The molecule has 1 aliphatic heterocycles. The molecule has 0 aromatic heterocycles. The third-order valence-corrected chi connectivity index (χ3v) is 4.17. The minimum absolute atomic E-state index is 0.0326. The van der Waals surface area contributed by atoms with E-state index in [2.05, 4.69) is 10.2 Å². The van der Waals surface area contributed by atoms with Gasteiger partial charge in [0.15, 0.2) is 0 Å². The highest BCUT2D eigenvalue weighted by Gasteiger charge is 2.27. The number of hydrogen-bond acceptors (Lipinski definition) is 3. The zero-order valence-corrected chi connectivity index (χ0v) is 13.7. The fourth-order valence-electron chi connectivity index (χ4n) is 2.65. The Balaban J connectivity index is 1.87. The zero-order valence-electron chi connectivity index (χ0n) is 13.7. The lowest BCUT2D eigenvalue weighted by Crippen LogP contribution is -2.55. The maximum absolute atomic E-state index is 12.9. The zero-order chi connectivity index (χ0) is 16.8. The molecule has 1 saturated heterocycles. The second-order valence-corrected chi connectivity index (χ2v) is 5.80. The number of benzene rings is 1. The maximum Gasteiger partial charge on any atom is 0.253 e. The second kappa shape index (κ2) is 8.06. The molecule has 1 N–H and O–H groups in total. The first-order valence-electron chi connectivity index (χ1n) is 8.09. The van der Waals surface area contributed by atoms with Crippen LogP contribution < -0.4 is 5.32 Å². The summed E-state index contributed by atoms with van der Waals surface area (Å²) in [5.41, 5.74) is 0.494. The summed E-state index contributed by atoms with van der Waals surface area (Å²) in [6.45, 7) is 7.06. The predicted octanol–water partition coefficient (Wildman–Crippen LogP) is 1.50. The smallest absolute Gasteiger partial charge is 0.253 e. The van der Waals surface area contributed by atoms with Crippen molar-refractivity contribution in [1.29, 1.82) is 0 Å². The van der Waals surface area contributed by atoms with E-state index in [9.17, 15) is 14.0 Å². The Hall–Kier alpha value is -1.95. The second-order valence-electron chi connectivity index (χ2n) is 5.80. The van der Waals surface area contributed by atoms with Crippen LogP contribution in [0, 0.1) is 5.82 Å². The normalized spacial score (nSPS) is 16.9. The lowest BCUT2D eigenvalue weighted by atomic mass is 10.1. The molecular formula is C17H24FN3O2. The van der Waals surface area contributed by atoms with Crippen molar-refractivity contribution in [2.24, 2.45) is 0 Å². The van der Waals surface area contributed by atoms with Crippen molar-refractivity contribution in [3.05, 3.63) is 35.6 Å². The SMILES string of the molecule is CCCNC(=O)[C@H](C)N1CCN(C(=O)c2ccc(F)cc2)CC1. The molecule has 0 radical (unpaired) electrons. The van der Waals surface area contributed by atoms with Crippen LogP contribution in [0.3, 0.4) is 0 Å². The molecule has 1 aliphatic rings. The number of piperazine rings is 1. The molecule has 1 aromatic rings. The van der Waals surface area contributed by atoms with Crippen molar-refractivity contribution in [1.82, 2.24) is 15.1 Å². The standard InChI is InChI=1S/C17H24FN3O2/c1-3-8-19-16(22)13(2)20-9-11-21(12-10-20)17(23)14-4-6-15(18)7-5-14/h4-7,13H,3,8-12H2,1-2H3,(H,19,22)/t13-/m0/s1. The molecule has 0 unspecified atom stereocenters. The largest absolute Gasteiger partial charge is 0.355 e. The number of halogens is 1. The van der Waals surface area contributed by atoms with Gasteiger partial charge in [-0.1, -0.05) is 6.92 Å². The molecule has 1 aromatic carbocycles. The first kappa shape index (κ1) is 17.4. The molecule has 6 heteroatoms. The fraction of sp³-hybridized carbons (Fsp3) is 0.529. The minimum atomic E-state index is -0.349. The highest BCUT2D eigenvalue weighted by molar-refractivity contribution is 5.94. The number of hydrogen-bond donors (Lipinski definition) is 1. The summed E-state index contributed by atoms with van der Waals surface area (Å²) in [7, 11) is 0. The van der Waals surface area contributed by atoms with Gasteiger partial charge in [-0.2, -0.15) is 0 Å². The topological polar surface area (TPSA) is 52.7 Å². The van der Waals surface area contributed by atoms with Crippen LogP contribution in [0.5, 0.6) is 0 Å². The van der Waals surface area contributed by atoms with E-state index in [0.29, 0.717) is 38.3 Å². The Bertz CT molecular complexity index is 539. The van der Waals surface area contributed by atoms with Gasteiger partial charge < -0.3 is 10.2 Å². The van der Waals surface area contributed by atoms with E-state index in [1.165, 1.54) is 24.3 Å². The highest BCUT2D eigenvalue weighted by atomic mass is 19.1. The van der Waals surface area contributed by atoms with E-state index in [0.717, 1.165) is 6.42 Å². The van der Waals surface area contributed by atoms with Gasteiger partial charge in [0.2, 0.25) is 5.91 Å². The molecule has 0 spiro atoms. The van der Waals surface area contributed by atoms with Crippen LogP contribution in [0.4, 0.5) is 4.39 Å². The molecule has 23 heavy (non-hydrogen) atoms. The van der Waals surface area contributed by atoms with E-state index in [1.54, 1.807) is 4.90 Å². The average molecular weight is 321 g/mol. The van der Waals surface area contributed by atoms with Gasteiger partial charge in [0.1, 0.15) is 5.82 Å². The van der Waals surface area contributed by atoms with Gasteiger partial charge in [-0.15, -0.1) is 0 Å². The van der Waals surface area contributed by atoms with Crippen molar-refractivity contribution >= 4 is 11.8 Å². The van der Waals surface area contributed by atoms with Gasteiger partial charge in [0, 0.05) is 38.3 Å². The van der Waals surface area contributed by atoms with E-state index in [4.69, 9.17) is 0 Å². The van der Waals surface area contributed by atoms with Crippen LogP contribution in [0.25, 0.3) is 0 Å². The fourth-order valence-corrected chi connectivity index (χ4v) is 2.65. The molecule has 1 fully saturated rings. The first-order valence-corrected chi connectivity index (χ1v) is 8.09. The van der Waals surface area contributed by atoms with Crippen molar-refractivity contribution in [3.63, 3.8) is 0 Å². The Morgan fingerprint density at radius 2 is 1.78 bits per heavy atom. The van der Waals surface area contributed by atoms with Crippen LogP contribution in [-0.4, -0.2) is 60.4 Å². The van der Waals surface area contributed by atoms with Gasteiger partial charge >= 0.3 is 0 Å². The molecule has 1 heterocycles.